The van der Waals surface area contributed by atoms with E-state index in [1.807, 2.05) is 0 Å². The Morgan fingerprint density at radius 3 is 2.17 bits per heavy atom. The van der Waals surface area contributed by atoms with Gasteiger partial charge in [0.05, 0.1) is 10.5 Å². The highest BCUT2D eigenvalue weighted by molar-refractivity contribution is 7.89. The molecule has 0 heterocycles. The fourth-order valence-corrected chi connectivity index (χ4v) is 3.63. The van der Waals surface area contributed by atoms with Crippen molar-refractivity contribution in [2.45, 2.75) is 24.8 Å². The van der Waals surface area contributed by atoms with Crippen LogP contribution in [0.4, 0.5) is 5.69 Å². The Balaban J connectivity index is 1.93. The summed E-state index contributed by atoms with van der Waals surface area (Å²) < 4.78 is 31.0. The van der Waals surface area contributed by atoms with Crippen molar-refractivity contribution < 1.29 is 27.5 Å². The zero-order valence-electron chi connectivity index (χ0n) is 16.3. The summed E-state index contributed by atoms with van der Waals surface area (Å²) >= 11 is 0. The molecular formula is C20H22N2O6S. The van der Waals surface area contributed by atoms with E-state index in [2.05, 4.69) is 5.32 Å². The van der Waals surface area contributed by atoms with Crippen LogP contribution in [-0.4, -0.2) is 50.6 Å². The Morgan fingerprint density at radius 2 is 1.66 bits per heavy atom. The van der Waals surface area contributed by atoms with Gasteiger partial charge in [0.25, 0.3) is 5.91 Å². The van der Waals surface area contributed by atoms with Gasteiger partial charge < -0.3 is 10.1 Å². The highest BCUT2D eigenvalue weighted by Crippen LogP contribution is 2.19. The number of hydrogen-bond donors (Lipinski definition) is 1. The van der Waals surface area contributed by atoms with Gasteiger partial charge in [0.2, 0.25) is 10.0 Å². The molecule has 0 fully saturated rings. The molecule has 0 aliphatic rings. The predicted octanol–water partition coefficient (Wildman–Crippen LogP) is 2.32. The number of hydrogen-bond acceptors (Lipinski definition) is 6. The summed E-state index contributed by atoms with van der Waals surface area (Å²) in [4.78, 5) is 34.6. The Hall–Kier alpha value is -3.04. The Labute approximate surface area is 169 Å². The van der Waals surface area contributed by atoms with Crippen molar-refractivity contribution in [2.75, 3.05) is 19.0 Å². The van der Waals surface area contributed by atoms with E-state index in [-0.39, 0.29) is 16.5 Å². The first kappa shape index (κ1) is 22.3. The van der Waals surface area contributed by atoms with Crippen molar-refractivity contribution in [3.8, 4) is 0 Å². The predicted molar refractivity (Wildman–Crippen MR) is 107 cm³/mol. The number of sulfonamides is 1. The number of nitrogens with one attached hydrogen (secondary N) is 1. The van der Waals surface area contributed by atoms with Crippen molar-refractivity contribution in [1.82, 2.24) is 4.31 Å². The van der Waals surface area contributed by atoms with Crippen LogP contribution in [0.5, 0.6) is 0 Å². The Kier molecular flexibility index (Phi) is 7.24. The minimum Gasteiger partial charge on any atom is -0.452 e. The molecule has 0 aliphatic carbocycles. The van der Waals surface area contributed by atoms with E-state index in [4.69, 9.17) is 4.74 Å². The molecule has 8 nitrogen and oxygen atoms in total. The summed E-state index contributed by atoms with van der Waals surface area (Å²) in [5.41, 5.74) is 1.00. The van der Waals surface area contributed by atoms with Gasteiger partial charge in [-0.15, -0.1) is 0 Å². The number of ether oxygens (including phenoxy) is 1. The topological polar surface area (TPSA) is 110 Å². The fourth-order valence-electron chi connectivity index (χ4n) is 2.26. The van der Waals surface area contributed by atoms with Crippen LogP contribution in [0, 0.1) is 0 Å². The maximum Gasteiger partial charge on any atom is 0.338 e. The molecule has 0 aliphatic heterocycles. The smallest absolute Gasteiger partial charge is 0.338 e. The van der Waals surface area contributed by atoms with Gasteiger partial charge in [-0.3, -0.25) is 9.59 Å². The van der Waals surface area contributed by atoms with E-state index in [9.17, 15) is 22.8 Å². The van der Waals surface area contributed by atoms with E-state index in [0.717, 1.165) is 0 Å². The van der Waals surface area contributed by atoms with Gasteiger partial charge in [-0.25, -0.2) is 13.2 Å². The van der Waals surface area contributed by atoms with Crippen molar-refractivity contribution in [3.63, 3.8) is 0 Å². The Morgan fingerprint density at radius 1 is 1.07 bits per heavy atom. The zero-order chi connectivity index (χ0) is 21.6. The van der Waals surface area contributed by atoms with Gasteiger partial charge in [0, 0.05) is 24.3 Å². The highest BCUT2D eigenvalue weighted by atomic mass is 32.2. The number of esters is 1. The molecular weight excluding hydrogens is 396 g/mol. The number of anilines is 1. The molecule has 2 rings (SSSR count). The second-order valence-corrected chi connectivity index (χ2v) is 8.50. The van der Waals surface area contributed by atoms with Gasteiger partial charge >= 0.3 is 5.97 Å². The lowest BCUT2D eigenvalue weighted by atomic mass is 10.1. The van der Waals surface area contributed by atoms with Crippen molar-refractivity contribution in [3.05, 3.63) is 59.7 Å². The molecule has 0 aromatic heterocycles. The van der Waals surface area contributed by atoms with E-state index in [0.29, 0.717) is 17.5 Å². The van der Waals surface area contributed by atoms with Gasteiger partial charge in [0.15, 0.2) is 6.61 Å². The Bertz CT molecular complexity index is 983. The van der Waals surface area contributed by atoms with Crippen molar-refractivity contribution >= 4 is 33.9 Å². The quantitative estimate of drug-likeness (QED) is 0.520. The maximum atomic E-state index is 12.4. The average molecular weight is 418 g/mol. The molecule has 29 heavy (non-hydrogen) atoms. The molecule has 0 saturated carbocycles. The van der Waals surface area contributed by atoms with E-state index in [1.165, 1.54) is 59.9 Å². The molecule has 1 amide bonds. The molecule has 0 bridgehead atoms. The highest BCUT2D eigenvalue weighted by Gasteiger charge is 2.22. The minimum atomic E-state index is -3.61. The lowest BCUT2D eigenvalue weighted by Gasteiger charge is -2.21. The van der Waals surface area contributed by atoms with Crippen molar-refractivity contribution in [2.24, 2.45) is 0 Å². The lowest BCUT2D eigenvalue weighted by molar-refractivity contribution is -0.119. The van der Waals surface area contributed by atoms with Gasteiger partial charge in [-0.1, -0.05) is 12.1 Å². The van der Waals surface area contributed by atoms with E-state index >= 15 is 0 Å². The SMILES string of the molecule is CC(C)N(C)S(=O)(=O)c1ccc(NC(=O)COC(=O)c2ccc(C=O)cc2)cc1. The monoisotopic (exact) mass is 418 g/mol. The van der Waals surface area contributed by atoms with Gasteiger partial charge in [-0.05, 0) is 50.2 Å². The van der Waals surface area contributed by atoms with Crippen LogP contribution in [0.15, 0.2) is 53.4 Å². The standard InChI is InChI=1S/C20H22N2O6S/c1-14(2)22(3)29(26,27)18-10-8-17(9-11-18)21-19(24)13-28-20(25)16-6-4-15(12-23)5-7-16/h4-12,14H,13H2,1-3H3,(H,21,24). The fraction of sp³-hybridized carbons (Fsp3) is 0.250. The first-order valence-electron chi connectivity index (χ1n) is 8.75. The second-order valence-electron chi connectivity index (χ2n) is 6.50. The van der Waals surface area contributed by atoms with Crippen LogP contribution >= 0.6 is 0 Å². The third kappa shape index (κ3) is 5.72. The maximum absolute atomic E-state index is 12.4. The molecule has 2 aromatic carbocycles. The van der Waals surface area contributed by atoms with Crippen molar-refractivity contribution in [1.29, 1.82) is 0 Å². The minimum absolute atomic E-state index is 0.108. The third-order valence-corrected chi connectivity index (χ3v) is 6.21. The number of amides is 1. The first-order valence-corrected chi connectivity index (χ1v) is 10.2. The summed E-state index contributed by atoms with van der Waals surface area (Å²) in [6, 6.07) is 11.3. The lowest BCUT2D eigenvalue weighted by Crippen LogP contribution is -2.33. The van der Waals surface area contributed by atoms with Gasteiger partial charge in [0.1, 0.15) is 6.29 Å². The molecule has 0 atom stereocenters. The second kappa shape index (κ2) is 9.44. The summed E-state index contributed by atoms with van der Waals surface area (Å²) in [5, 5.41) is 2.53. The third-order valence-electron chi connectivity index (χ3n) is 4.16. The molecule has 0 unspecified atom stereocenters. The van der Waals surface area contributed by atoms with Gasteiger partial charge in [-0.2, -0.15) is 4.31 Å². The van der Waals surface area contributed by atoms with Crippen LogP contribution in [0.2, 0.25) is 0 Å². The number of rotatable bonds is 8. The van der Waals surface area contributed by atoms with E-state index in [1.54, 1.807) is 13.8 Å². The number of aldehydes is 1. The van der Waals surface area contributed by atoms with Crippen LogP contribution < -0.4 is 5.32 Å². The first-order chi connectivity index (χ1) is 13.6. The summed E-state index contributed by atoms with van der Waals surface area (Å²) in [6.07, 6.45) is 0.653. The number of nitrogens with zero attached hydrogens (tertiary/aromatic N) is 1. The number of benzene rings is 2. The molecule has 0 saturated heterocycles. The summed E-state index contributed by atoms with van der Waals surface area (Å²) in [7, 11) is -2.11. The summed E-state index contributed by atoms with van der Waals surface area (Å²) in [6.45, 7) is 3.03. The van der Waals surface area contributed by atoms with Crippen LogP contribution in [0.1, 0.15) is 34.6 Å². The average Bonchev–Trinajstić information content (AvgIpc) is 2.71. The largest absolute Gasteiger partial charge is 0.452 e. The molecule has 0 spiro atoms. The molecule has 1 N–H and O–H groups in total. The number of carbonyl (C=O) groups is 3. The van der Waals surface area contributed by atoms with Crippen LogP contribution in [-0.2, 0) is 19.6 Å². The molecule has 2 aromatic rings. The molecule has 9 heteroatoms. The zero-order valence-corrected chi connectivity index (χ0v) is 17.1. The molecule has 0 radical (unpaired) electrons. The number of carbonyl (C=O) groups excluding carboxylic acids is 3. The van der Waals surface area contributed by atoms with Crippen LogP contribution in [0.25, 0.3) is 0 Å². The normalized spacial score (nSPS) is 11.3. The summed E-state index contributed by atoms with van der Waals surface area (Å²) in [5.74, 6) is -1.27. The molecule has 154 valence electrons. The van der Waals surface area contributed by atoms with E-state index < -0.39 is 28.5 Å². The van der Waals surface area contributed by atoms with Crippen LogP contribution in [0.3, 0.4) is 0 Å².